The van der Waals surface area contributed by atoms with E-state index >= 15 is 0 Å². The molecule has 0 amide bonds. The van der Waals surface area contributed by atoms with Crippen molar-refractivity contribution < 1.29 is 19.1 Å². The van der Waals surface area contributed by atoms with E-state index in [2.05, 4.69) is 0 Å². The van der Waals surface area contributed by atoms with Crippen LogP contribution in [0.4, 0.5) is 0 Å². The maximum absolute atomic E-state index is 11.0. The van der Waals surface area contributed by atoms with Gasteiger partial charge in [0.25, 0.3) is 0 Å². The summed E-state index contributed by atoms with van der Waals surface area (Å²) in [5.41, 5.74) is 0.550. The molecule has 0 saturated carbocycles. The van der Waals surface area contributed by atoms with Crippen molar-refractivity contribution in [1.82, 2.24) is 0 Å². The van der Waals surface area contributed by atoms with Gasteiger partial charge in [-0.1, -0.05) is 12.1 Å². The molecule has 0 aliphatic carbocycles. The Morgan fingerprint density at radius 2 is 2.25 bits per heavy atom. The van der Waals surface area contributed by atoms with Crippen LogP contribution in [0.1, 0.15) is 23.7 Å². The molecule has 0 atom stereocenters. The van der Waals surface area contributed by atoms with Gasteiger partial charge in [0.1, 0.15) is 12.0 Å². The summed E-state index contributed by atoms with van der Waals surface area (Å²) in [4.78, 5) is 21.5. The van der Waals surface area contributed by atoms with Gasteiger partial charge in [0.05, 0.1) is 19.6 Å². The molecule has 1 aromatic carbocycles. The highest BCUT2D eigenvalue weighted by molar-refractivity contribution is 5.75. The molecule has 0 aromatic heterocycles. The van der Waals surface area contributed by atoms with Gasteiger partial charge >= 0.3 is 5.97 Å². The predicted molar refractivity (Wildman–Crippen MR) is 58.6 cm³/mol. The van der Waals surface area contributed by atoms with Gasteiger partial charge in [0.2, 0.25) is 0 Å². The summed E-state index contributed by atoms with van der Waals surface area (Å²) in [5, 5.41) is 0. The molecule has 0 fully saturated rings. The van der Waals surface area contributed by atoms with Crippen molar-refractivity contribution >= 4 is 12.3 Å². The number of carbonyl (C=O) groups is 2. The fourth-order valence-electron chi connectivity index (χ4n) is 1.16. The highest BCUT2D eigenvalue weighted by Gasteiger charge is 2.02. The fourth-order valence-corrected chi connectivity index (χ4v) is 1.16. The number of carbonyl (C=O) groups excluding carboxylic acids is 2. The molecule has 0 unspecified atom stereocenters. The van der Waals surface area contributed by atoms with Crippen molar-refractivity contribution in [2.75, 3.05) is 13.2 Å². The minimum atomic E-state index is -0.283. The fraction of sp³-hybridized carbons (Fsp3) is 0.333. The van der Waals surface area contributed by atoms with E-state index in [9.17, 15) is 9.59 Å². The smallest absolute Gasteiger partial charge is 0.309 e. The van der Waals surface area contributed by atoms with Crippen LogP contribution in [0.2, 0.25) is 0 Å². The third kappa shape index (κ3) is 4.13. The summed E-state index contributed by atoms with van der Waals surface area (Å²) in [6, 6.07) is 6.77. The lowest BCUT2D eigenvalue weighted by Gasteiger charge is -2.05. The second-order valence-corrected chi connectivity index (χ2v) is 3.09. The molecule has 0 radical (unpaired) electrons. The largest absolute Gasteiger partial charge is 0.493 e. The third-order valence-electron chi connectivity index (χ3n) is 1.87. The molecule has 16 heavy (non-hydrogen) atoms. The predicted octanol–water partition coefficient (Wildman–Crippen LogP) is 1.83. The van der Waals surface area contributed by atoms with Gasteiger partial charge in [0, 0.05) is 5.56 Å². The van der Waals surface area contributed by atoms with Crippen LogP contribution in [-0.4, -0.2) is 25.5 Å². The molecule has 0 N–H and O–H groups in total. The summed E-state index contributed by atoms with van der Waals surface area (Å²) in [7, 11) is 0. The van der Waals surface area contributed by atoms with Crippen LogP contribution in [0.5, 0.6) is 5.75 Å². The molecule has 1 aromatic rings. The van der Waals surface area contributed by atoms with Crippen molar-refractivity contribution in [3.05, 3.63) is 29.8 Å². The zero-order chi connectivity index (χ0) is 11.8. The molecule has 0 aliphatic heterocycles. The van der Waals surface area contributed by atoms with Gasteiger partial charge in [-0.2, -0.15) is 0 Å². The lowest BCUT2D eigenvalue weighted by atomic mass is 10.2. The molecule has 0 heterocycles. The Morgan fingerprint density at radius 1 is 1.44 bits per heavy atom. The standard InChI is InChI=1S/C12H14O4/c1-2-15-12(14)6-7-16-11-5-3-4-10(8-11)9-13/h3-5,8-9H,2,6-7H2,1H3. The van der Waals surface area contributed by atoms with E-state index in [-0.39, 0.29) is 19.0 Å². The topological polar surface area (TPSA) is 52.6 Å². The van der Waals surface area contributed by atoms with Crippen molar-refractivity contribution in [3.8, 4) is 5.75 Å². The number of hydrogen-bond acceptors (Lipinski definition) is 4. The molecule has 4 nitrogen and oxygen atoms in total. The van der Waals surface area contributed by atoms with Crippen molar-refractivity contribution in [1.29, 1.82) is 0 Å². The van der Waals surface area contributed by atoms with Gasteiger partial charge in [0.15, 0.2) is 0 Å². The van der Waals surface area contributed by atoms with Gasteiger partial charge in [-0.25, -0.2) is 0 Å². The molecule has 86 valence electrons. The number of rotatable bonds is 6. The zero-order valence-corrected chi connectivity index (χ0v) is 9.14. The van der Waals surface area contributed by atoms with E-state index in [1.807, 2.05) is 0 Å². The molecular formula is C12H14O4. The van der Waals surface area contributed by atoms with Crippen LogP contribution in [0, 0.1) is 0 Å². The molecule has 1 rings (SSSR count). The van der Waals surface area contributed by atoms with Gasteiger partial charge in [-0.05, 0) is 19.1 Å². The van der Waals surface area contributed by atoms with E-state index in [0.717, 1.165) is 6.29 Å². The van der Waals surface area contributed by atoms with Crippen LogP contribution >= 0.6 is 0 Å². The lowest BCUT2D eigenvalue weighted by Crippen LogP contribution is -2.09. The van der Waals surface area contributed by atoms with E-state index in [1.54, 1.807) is 31.2 Å². The van der Waals surface area contributed by atoms with E-state index in [0.29, 0.717) is 17.9 Å². The second-order valence-electron chi connectivity index (χ2n) is 3.09. The first-order valence-corrected chi connectivity index (χ1v) is 5.10. The van der Waals surface area contributed by atoms with Crippen LogP contribution in [0.15, 0.2) is 24.3 Å². The molecule has 0 bridgehead atoms. The summed E-state index contributed by atoms with van der Waals surface area (Å²) < 4.78 is 10.1. The number of aldehydes is 1. The average molecular weight is 222 g/mol. The number of ether oxygens (including phenoxy) is 2. The second kappa shape index (κ2) is 6.61. The molecule has 4 heteroatoms. The summed E-state index contributed by atoms with van der Waals surface area (Å²) >= 11 is 0. The van der Waals surface area contributed by atoms with Crippen LogP contribution in [-0.2, 0) is 9.53 Å². The monoisotopic (exact) mass is 222 g/mol. The van der Waals surface area contributed by atoms with E-state index in [1.165, 1.54) is 0 Å². The summed E-state index contributed by atoms with van der Waals surface area (Å²) in [6.07, 6.45) is 0.956. The Hall–Kier alpha value is -1.84. The highest BCUT2D eigenvalue weighted by Crippen LogP contribution is 2.12. The molecule has 0 spiro atoms. The van der Waals surface area contributed by atoms with Crippen LogP contribution < -0.4 is 4.74 Å². The Kier molecular flexibility index (Phi) is 5.05. The first-order chi connectivity index (χ1) is 7.76. The zero-order valence-electron chi connectivity index (χ0n) is 9.14. The van der Waals surface area contributed by atoms with Crippen molar-refractivity contribution in [2.45, 2.75) is 13.3 Å². The lowest BCUT2D eigenvalue weighted by molar-refractivity contribution is -0.143. The Bertz CT molecular complexity index is 360. The van der Waals surface area contributed by atoms with Crippen molar-refractivity contribution in [3.63, 3.8) is 0 Å². The summed E-state index contributed by atoms with van der Waals surface area (Å²) in [5.74, 6) is 0.294. The Morgan fingerprint density at radius 3 is 2.94 bits per heavy atom. The van der Waals surface area contributed by atoms with Crippen LogP contribution in [0.25, 0.3) is 0 Å². The summed E-state index contributed by atoms with van der Waals surface area (Å²) in [6.45, 7) is 2.38. The Labute approximate surface area is 94.2 Å². The quantitative estimate of drug-likeness (QED) is 0.544. The van der Waals surface area contributed by atoms with Crippen molar-refractivity contribution in [2.24, 2.45) is 0 Å². The van der Waals surface area contributed by atoms with E-state index < -0.39 is 0 Å². The minimum absolute atomic E-state index is 0.207. The first kappa shape index (κ1) is 12.2. The normalized spacial score (nSPS) is 9.56. The molecule has 0 aliphatic rings. The number of esters is 1. The Balaban J connectivity index is 2.36. The van der Waals surface area contributed by atoms with Gasteiger partial charge in [-0.3, -0.25) is 9.59 Å². The number of hydrogen-bond donors (Lipinski definition) is 0. The van der Waals surface area contributed by atoms with Crippen LogP contribution in [0.3, 0.4) is 0 Å². The van der Waals surface area contributed by atoms with Gasteiger partial charge < -0.3 is 9.47 Å². The average Bonchev–Trinajstić information content (AvgIpc) is 2.30. The highest BCUT2D eigenvalue weighted by atomic mass is 16.5. The maximum Gasteiger partial charge on any atom is 0.309 e. The van der Waals surface area contributed by atoms with E-state index in [4.69, 9.17) is 9.47 Å². The first-order valence-electron chi connectivity index (χ1n) is 5.10. The SMILES string of the molecule is CCOC(=O)CCOc1cccc(C=O)c1. The third-order valence-corrected chi connectivity index (χ3v) is 1.87. The maximum atomic E-state index is 11.0. The number of benzene rings is 1. The van der Waals surface area contributed by atoms with Gasteiger partial charge in [-0.15, -0.1) is 0 Å². The molecule has 0 saturated heterocycles. The minimum Gasteiger partial charge on any atom is -0.493 e. The molecular weight excluding hydrogens is 208 g/mol.